The molecule has 0 aliphatic heterocycles. The Balaban J connectivity index is 2.34. The first-order chi connectivity index (χ1) is 10.2. The largest absolute Gasteiger partial charge is 0.444 e. The maximum absolute atomic E-state index is 11.9. The number of amides is 2. The molecule has 0 heterocycles. The third-order valence-electron chi connectivity index (χ3n) is 2.40. The summed E-state index contributed by atoms with van der Waals surface area (Å²) in [7, 11) is 2.67. The lowest BCUT2D eigenvalue weighted by atomic mass is 10.2. The van der Waals surface area contributed by atoms with Crippen molar-refractivity contribution in [3.63, 3.8) is 0 Å². The fraction of sp³-hybridized carbons (Fsp3) is 0.467. The first kappa shape index (κ1) is 18.7. The average molecular weight is 342 g/mol. The summed E-state index contributed by atoms with van der Waals surface area (Å²) in [6, 6.07) is 7.32. The van der Waals surface area contributed by atoms with Crippen molar-refractivity contribution < 1.29 is 14.3 Å². The average Bonchev–Trinajstić information content (AvgIpc) is 2.36. The van der Waals surface area contributed by atoms with Gasteiger partial charge in [-0.3, -0.25) is 9.52 Å². The van der Waals surface area contributed by atoms with Crippen molar-refractivity contribution in [2.75, 3.05) is 0 Å². The maximum Gasteiger partial charge on any atom is 0.408 e. The van der Waals surface area contributed by atoms with Gasteiger partial charge in [-0.15, -0.1) is 0 Å². The van der Waals surface area contributed by atoms with E-state index < -0.39 is 17.7 Å². The summed E-state index contributed by atoms with van der Waals surface area (Å²) in [4.78, 5) is 24.5. The minimum atomic E-state index is -0.666. The summed E-state index contributed by atoms with van der Waals surface area (Å²) in [6.07, 6.45) is -0.605. The van der Waals surface area contributed by atoms with Crippen LogP contribution >= 0.6 is 21.8 Å². The van der Waals surface area contributed by atoms with E-state index in [1.165, 1.54) is 21.8 Å². The highest BCUT2D eigenvalue weighted by molar-refractivity contribution is 8.76. The molecule has 2 N–H and O–H groups in total. The summed E-state index contributed by atoms with van der Waals surface area (Å²) < 4.78 is 7.79. The van der Waals surface area contributed by atoms with E-state index in [2.05, 4.69) is 10.0 Å². The van der Waals surface area contributed by atoms with Crippen LogP contribution in [0.5, 0.6) is 0 Å². The smallest absolute Gasteiger partial charge is 0.408 e. The molecular formula is C15H22N2O3S2. The van der Waals surface area contributed by atoms with Crippen molar-refractivity contribution >= 4 is 33.8 Å². The zero-order valence-electron chi connectivity index (χ0n) is 13.4. The molecular weight excluding hydrogens is 320 g/mol. The molecule has 5 nitrogen and oxygen atoms in total. The summed E-state index contributed by atoms with van der Waals surface area (Å²) in [5, 5.41) is 2.50. The van der Waals surface area contributed by atoms with Gasteiger partial charge in [0.25, 0.3) is 5.91 Å². The van der Waals surface area contributed by atoms with Crippen LogP contribution in [0.1, 0.15) is 33.3 Å². The quantitative estimate of drug-likeness (QED) is 0.631. The van der Waals surface area contributed by atoms with Crippen LogP contribution in [0, 0.1) is 6.92 Å². The second kappa shape index (κ2) is 8.33. The number of aryl methyl sites for hydroxylation is 1. The van der Waals surface area contributed by atoms with E-state index >= 15 is 0 Å². The molecule has 2 amide bonds. The van der Waals surface area contributed by atoms with Crippen LogP contribution in [0.25, 0.3) is 0 Å². The van der Waals surface area contributed by atoms with E-state index in [0.717, 1.165) is 10.5 Å². The second-order valence-corrected chi connectivity index (χ2v) is 7.83. The van der Waals surface area contributed by atoms with E-state index in [1.807, 2.05) is 31.2 Å². The predicted molar refractivity (Wildman–Crippen MR) is 91.6 cm³/mol. The van der Waals surface area contributed by atoms with E-state index in [0.29, 0.717) is 0 Å². The third kappa shape index (κ3) is 7.61. The Morgan fingerprint density at radius 3 is 2.55 bits per heavy atom. The summed E-state index contributed by atoms with van der Waals surface area (Å²) in [6.45, 7) is 8.93. The van der Waals surface area contributed by atoms with Gasteiger partial charge in [0.05, 0.1) is 0 Å². The fourth-order valence-corrected chi connectivity index (χ4v) is 3.15. The van der Waals surface area contributed by atoms with Crippen LogP contribution in [0.2, 0.25) is 0 Å². The Morgan fingerprint density at radius 1 is 1.27 bits per heavy atom. The van der Waals surface area contributed by atoms with Gasteiger partial charge in [-0.2, -0.15) is 0 Å². The second-order valence-electron chi connectivity index (χ2n) is 5.82. The highest BCUT2D eigenvalue weighted by atomic mass is 33.1. The standard InChI is InChI=1S/C15H22N2O3S2/c1-10-7-6-8-12(9-10)21-22-17-13(18)11(2)16-14(19)20-15(3,4)5/h6-9,11H,1-5H3,(H,16,19)(H,17,18)/t11-/m1/s1. The number of rotatable bonds is 5. The van der Waals surface area contributed by atoms with Crippen LogP contribution in [0.15, 0.2) is 29.2 Å². The number of hydrogen-bond donors (Lipinski definition) is 2. The molecule has 22 heavy (non-hydrogen) atoms. The van der Waals surface area contributed by atoms with Crippen LogP contribution < -0.4 is 10.0 Å². The van der Waals surface area contributed by atoms with Gasteiger partial charge in [-0.1, -0.05) is 12.1 Å². The van der Waals surface area contributed by atoms with Gasteiger partial charge in [0.1, 0.15) is 11.6 Å². The molecule has 0 radical (unpaired) electrons. The SMILES string of the molecule is Cc1cccc(SSNC(=O)[C@@H](C)NC(=O)OC(C)(C)C)c1. The van der Waals surface area contributed by atoms with E-state index in [9.17, 15) is 9.59 Å². The highest BCUT2D eigenvalue weighted by Crippen LogP contribution is 2.28. The van der Waals surface area contributed by atoms with Crippen LogP contribution in [-0.2, 0) is 9.53 Å². The molecule has 0 fully saturated rings. The summed E-state index contributed by atoms with van der Waals surface area (Å²) >= 11 is 0. The van der Waals surface area contributed by atoms with Gasteiger partial charge < -0.3 is 10.1 Å². The van der Waals surface area contributed by atoms with Gasteiger partial charge in [-0.25, -0.2) is 4.79 Å². The molecule has 1 aromatic rings. The minimum absolute atomic E-state index is 0.281. The van der Waals surface area contributed by atoms with Crippen molar-refractivity contribution in [2.45, 2.75) is 51.2 Å². The molecule has 0 aromatic heterocycles. The van der Waals surface area contributed by atoms with Crippen molar-refractivity contribution in [1.29, 1.82) is 0 Å². The Labute approximate surface area is 139 Å². The lowest BCUT2D eigenvalue weighted by Crippen LogP contribution is -2.44. The predicted octanol–water partition coefficient (Wildman–Crippen LogP) is 3.68. The summed E-state index contributed by atoms with van der Waals surface area (Å²) in [5.41, 5.74) is 0.577. The highest BCUT2D eigenvalue weighted by Gasteiger charge is 2.20. The molecule has 1 atom stereocenters. The number of hydrogen-bond acceptors (Lipinski definition) is 5. The topological polar surface area (TPSA) is 67.4 Å². The minimum Gasteiger partial charge on any atom is -0.444 e. The van der Waals surface area contributed by atoms with Gasteiger partial charge in [-0.05, 0) is 63.1 Å². The van der Waals surface area contributed by atoms with Gasteiger partial charge >= 0.3 is 6.09 Å². The summed E-state index contributed by atoms with van der Waals surface area (Å²) in [5.74, 6) is -0.281. The van der Waals surface area contributed by atoms with Crippen molar-refractivity contribution in [1.82, 2.24) is 10.0 Å². The normalized spacial score (nSPS) is 12.4. The zero-order chi connectivity index (χ0) is 16.8. The molecule has 122 valence electrons. The Hall–Kier alpha value is -1.34. The number of alkyl carbamates (subject to hydrolysis) is 1. The Bertz CT molecular complexity index is 530. The lowest BCUT2D eigenvalue weighted by Gasteiger charge is -2.21. The molecule has 1 rings (SSSR count). The molecule has 0 unspecified atom stereocenters. The number of carbonyl (C=O) groups is 2. The number of ether oxygens (including phenoxy) is 1. The van der Waals surface area contributed by atoms with Gasteiger partial charge in [0.15, 0.2) is 0 Å². The number of carbonyl (C=O) groups excluding carboxylic acids is 2. The Kier molecular flexibility index (Phi) is 7.09. The fourth-order valence-electron chi connectivity index (χ4n) is 1.42. The van der Waals surface area contributed by atoms with E-state index in [1.54, 1.807) is 27.7 Å². The van der Waals surface area contributed by atoms with Crippen LogP contribution in [-0.4, -0.2) is 23.6 Å². The molecule has 1 aromatic carbocycles. The first-order valence-electron chi connectivity index (χ1n) is 6.87. The maximum atomic E-state index is 11.9. The van der Waals surface area contributed by atoms with Gasteiger partial charge in [0.2, 0.25) is 0 Å². The molecule has 0 saturated carbocycles. The van der Waals surface area contributed by atoms with Crippen molar-refractivity contribution in [2.24, 2.45) is 0 Å². The van der Waals surface area contributed by atoms with E-state index in [-0.39, 0.29) is 5.91 Å². The van der Waals surface area contributed by atoms with Crippen molar-refractivity contribution in [3.05, 3.63) is 29.8 Å². The monoisotopic (exact) mass is 342 g/mol. The lowest BCUT2D eigenvalue weighted by molar-refractivity contribution is -0.120. The third-order valence-corrected chi connectivity index (χ3v) is 4.29. The number of benzene rings is 1. The van der Waals surface area contributed by atoms with Crippen LogP contribution in [0.4, 0.5) is 4.79 Å². The Morgan fingerprint density at radius 2 is 1.95 bits per heavy atom. The zero-order valence-corrected chi connectivity index (χ0v) is 15.1. The molecule has 7 heteroatoms. The molecule has 0 spiro atoms. The molecule has 0 saturated heterocycles. The number of nitrogens with one attached hydrogen (secondary N) is 2. The molecule has 0 bridgehead atoms. The van der Waals surface area contributed by atoms with Crippen LogP contribution in [0.3, 0.4) is 0 Å². The molecule has 0 aliphatic rings. The van der Waals surface area contributed by atoms with Gasteiger partial charge in [0, 0.05) is 15.9 Å². The molecule has 0 aliphatic carbocycles. The first-order valence-corrected chi connectivity index (χ1v) is 9.02. The van der Waals surface area contributed by atoms with E-state index in [4.69, 9.17) is 4.74 Å². The van der Waals surface area contributed by atoms with Crippen molar-refractivity contribution in [3.8, 4) is 0 Å².